The molecule has 1 aliphatic rings. The molecule has 30 heavy (non-hydrogen) atoms. The molecule has 8 heteroatoms. The van der Waals surface area contributed by atoms with Gasteiger partial charge in [0.15, 0.2) is 0 Å². The molecule has 6 nitrogen and oxygen atoms in total. The highest BCUT2D eigenvalue weighted by Crippen LogP contribution is 2.21. The van der Waals surface area contributed by atoms with E-state index < -0.39 is 10.0 Å². The van der Waals surface area contributed by atoms with Crippen LogP contribution < -0.4 is 0 Å². The second-order valence-corrected chi connectivity index (χ2v) is 9.36. The van der Waals surface area contributed by atoms with E-state index in [1.165, 1.54) is 16.4 Å². The van der Waals surface area contributed by atoms with Gasteiger partial charge in [0.2, 0.25) is 10.0 Å². The summed E-state index contributed by atoms with van der Waals surface area (Å²) in [5.41, 5.74) is 2.22. The molecule has 4 rings (SSSR count). The quantitative estimate of drug-likeness (QED) is 0.642. The van der Waals surface area contributed by atoms with Crippen molar-refractivity contribution in [2.45, 2.75) is 12.7 Å². The summed E-state index contributed by atoms with van der Waals surface area (Å²) in [4.78, 5) is 19.0. The van der Waals surface area contributed by atoms with Gasteiger partial charge in [-0.2, -0.15) is 4.31 Å². The molecule has 0 unspecified atom stereocenters. The molecule has 1 amide bonds. The molecule has 1 saturated heterocycles. The average molecular weight is 428 g/mol. The molecular formula is C22H22FN3O3S. The lowest BCUT2D eigenvalue weighted by atomic mass is 10.1. The topological polar surface area (TPSA) is 70.6 Å². The third kappa shape index (κ3) is 4.20. The van der Waals surface area contributed by atoms with Crippen molar-refractivity contribution in [2.24, 2.45) is 0 Å². The molecule has 0 bridgehead atoms. The van der Waals surface area contributed by atoms with Crippen LogP contribution in [0, 0.1) is 12.7 Å². The number of nitrogens with zero attached hydrogens (tertiary/aromatic N) is 3. The van der Waals surface area contributed by atoms with Gasteiger partial charge < -0.3 is 4.90 Å². The number of aryl methyl sites for hydroxylation is 1. The van der Waals surface area contributed by atoms with Gasteiger partial charge in [-0.15, -0.1) is 0 Å². The Morgan fingerprint density at radius 3 is 2.43 bits per heavy atom. The van der Waals surface area contributed by atoms with Crippen LogP contribution in [0.1, 0.15) is 21.6 Å². The molecule has 2 aromatic carbocycles. The van der Waals surface area contributed by atoms with Crippen LogP contribution in [0.25, 0.3) is 10.9 Å². The number of halogens is 1. The van der Waals surface area contributed by atoms with Gasteiger partial charge in [-0.05, 0) is 30.7 Å². The number of sulfonamides is 1. The smallest absolute Gasteiger partial charge is 0.255 e. The van der Waals surface area contributed by atoms with Crippen molar-refractivity contribution in [1.29, 1.82) is 0 Å². The molecule has 0 aliphatic carbocycles. The van der Waals surface area contributed by atoms with E-state index in [1.807, 2.05) is 18.2 Å². The largest absolute Gasteiger partial charge is 0.336 e. The number of aromatic nitrogens is 1. The zero-order valence-corrected chi connectivity index (χ0v) is 17.4. The van der Waals surface area contributed by atoms with Crippen molar-refractivity contribution < 1.29 is 17.6 Å². The number of piperazine rings is 1. The van der Waals surface area contributed by atoms with Crippen molar-refractivity contribution in [3.63, 3.8) is 0 Å². The minimum Gasteiger partial charge on any atom is -0.336 e. The van der Waals surface area contributed by atoms with E-state index >= 15 is 0 Å². The summed E-state index contributed by atoms with van der Waals surface area (Å²) in [7, 11) is -3.44. The lowest BCUT2D eigenvalue weighted by Crippen LogP contribution is -2.50. The molecule has 0 radical (unpaired) electrons. The van der Waals surface area contributed by atoms with Crippen LogP contribution in [0.2, 0.25) is 0 Å². The van der Waals surface area contributed by atoms with E-state index in [1.54, 1.807) is 36.1 Å². The van der Waals surface area contributed by atoms with Crippen molar-refractivity contribution in [1.82, 2.24) is 14.2 Å². The Morgan fingerprint density at radius 1 is 1.03 bits per heavy atom. The predicted octanol–water partition coefficient (Wildman–Crippen LogP) is 2.97. The van der Waals surface area contributed by atoms with Gasteiger partial charge >= 0.3 is 0 Å². The zero-order valence-electron chi connectivity index (χ0n) is 16.6. The first kappa shape index (κ1) is 20.4. The number of fused-ring (bicyclic) bond motifs is 1. The number of carbonyl (C=O) groups excluding carboxylic acids is 1. The fourth-order valence-corrected chi connectivity index (χ4v) is 5.18. The Hall–Kier alpha value is -2.84. The number of hydrogen-bond acceptors (Lipinski definition) is 4. The van der Waals surface area contributed by atoms with Gasteiger partial charge in [-0.25, -0.2) is 12.8 Å². The lowest BCUT2D eigenvalue weighted by Gasteiger charge is -2.34. The van der Waals surface area contributed by atoms with Gasteiger partial charge in [-0.3, -0.25) is 9.78 Å². The second kappa shape index (κ2) is 8.12. The van der Waals surface area contributed by atoms with Gasteiger partial charge in [0, 0.05) is 37.6 Å². The normalized spacial score (nSPS) is 15.5. The van der Waals surface area contributed by atoms with E-state index in [-0.39, 0.29) is 30.6 Å². The number of carbonyl (C=O) groups is 1. The molecule has 1 aromatic heterocycles. The van der Waals surface area contributed by atoms with Crippen LogP contribution >= 0.6 is 0 Å². The molecule has 0 saturated carbocycles. The van der Waals surface area contributed by atoms with Crippen molar-refractivity contribution in [3.05, 3.63) is 77.2 Å². The van der Waals surface area contributed by atoms with Crippen LogP contribution in [0.3, 0.4) is 0 Å². The summed E-state index contributed by atoms with van der Waals surface area (Å²) in [6, 6.07) is 15.1. The van der Waals surface area contributed by atoms with Gasteiger partial charge in [0.05, 0.1) is 22.5 Å². The number of hydrogen-bond donors (Lipinski definition) is 0. The van der Waals surface area contributed by atoms with Crippen LogP contribution in [-0.4, -0.2) is 54.7 Å². The number of amides is 1. The summed E-state index contributed by atoms with van der Waals surface area (Å²) in [5, 5.41) is 0.689. The lowest BCUT2D eigenvalue weighted by molar-refractivity contribution is 0.0696. The summed E-state index contributed by atoms with van der Waals surface area (Å²) in [5.74, 6) is -0.612. The third-order valence-electron chi connectivity index (χ3n) is 5.31. The minimum atomic E-state index is -3.44. The van der Waals surface area contributed by atoms with E-state index in [4.69, 9.17) is 0 Å². The molecular weight excluding hydrogens is 405 g/mol. The van der Waals surface area contributed by atoms with Gasteiger partial charge in [0.1, 0.15) is 5.82 Å². The highest BCUT2D eigenvalue weighted by Gasteiger charge is 2.30. The van der Waals surface area contributed by atoms with Crippen LogP contribution in [0.5, 0.6) is 0 Å². The Bertz CT molecular complexity index is 1190. The first-order valence-corrected chi connectivity index (χ1v) is 11.3. The van der Waals surface area contributed by atoms with E-state index in [2.05, 4.69) is 4.98 Å². The molecule has 2 heterocycles. The molecule has 0 spiro atoms. The maximum absolute atomic E-state index is 13.4. The maximum atomic E-state index is 13.4. The molecule has 156 valence electrons. The van der Waals surface area contributed by atoms with Crippen molar-refractivity contribution >= 4 is 26.8 Å². The van der Waals surface area contributed by atoms with E-state index in [0.717, 1.165) is 5.56 Å². The first-order valence-electron chi connectivity index (χ1n) is 9.71. The fraction of sp³-hybridized carbons (Fsp3) is 0.273. The number of rotatable bonds is 4. The van der Waals surface area contributed by atoms with Gasteiger partial charge in [0.25, 0.3) is 5.91 Å². The summed E-state index contributed by atoms with van der Waals surface area (Å²) in [6.07, 6.45) is 0. The Labute approximate surface area is 175 Å². The van der Waals surface area contributed by atoms with Crippen LogP contribution in [-0.2, 0) is 15.8 Å². The molecule has 0 atom stereocenters. The van der Waals surface area contributed by atoms with E-state index in [0.29, 0.717) is 35.2 Å². The van der Waals surface area contributed by atoms with E-state index in [9.17, 15) is 17.6 Å². The average Bonchev–Trinajstić information content (AvgIpc) is 2.73. The van der Waals surface area contributed by atoms with Crippen LogP contribution in [0.4, 0.5) is 4.39 Å². The third-order valence-corrected chi connectivity index (χ3v) is 7.16. The molecule has 0 N–H and O–H groups in total. The van der Waals surface area contributed by atoms with Crippen molar-refractivity contribution in [2.75, 3.05) is 26.2 Å². The highest BCUT2D eigenvalue weighted by atomic mass is 32.2. The minimum absolute atomic E-state index is 0.0496. The Balaban J connectivity index is 1.46. The standard InChI is InChI=1S/C22H22FN3O3S/c1-16-20(13-18-7-8-19(23)14-21(18)24-16)22(27)25-9-11-26(12-10-25)30(28,29)15-17-5-3-2-4-6-17/h2-8,13-14H,9-12,15H2,1H3. The highest BCUT2D eigenvalue weighted by molar-refractivity contribution is 7.88. The van der Waals surface area contributed by atoms with Crippen LogP contribution in [0.15, 0.2) is 54.6 Å². The number of pyridine rings is 1. The zero-order chi connectivity index (χ0) is 21.3. The molecule has 1 aliphatic heterocycles. The van der Waals surface area contributed by atoms with Crippen molar-refractivity contribution in [3.8, 4) is 0 Å². The maximum Gasteiger partial charge on any atom is 0.255 e. The Kier molecular flexibility index (Phi) is 5.53. The monoisotopic (exact) mass is 427 g/mol. The fourth-order valence-electron chi connectivity index (χ4n) is 3.67. The molecule has 1 fully saturated rings. The summed E-state index contributed by atoms with van der Waals surface area (Å²) in [6.45, 7) is 2.86. The first-order chi connectivity index (χ1) is 14.3. The summed E-state index contributed by atoms with van der Waals surface area (Å²) < 4.78 is 40.3. The molecule has 3 aromatic rings. The second-order valence-electron chi connectivity index (χ2n) is 7.39. The SMILES string of the molecule is Cc1nc2cc(F)ccc2cc1C(=O)N1CCN(S(=O)(=O)Cc2ccccc2)CC1. The Morgan fingerprint density at radius 2 is 1.73 bits per heavy atom. The van der Waals surface area contributed by atoms with Gasteiger partial charge in [-0.1, -0.05) is 30.3 Å². The predicted molar refractivity (Wildman–Crippen MR) is 113 cm³/mol. The summed E-state index contributed by atoms with van der Waals surface area (Å²) >= 11 is 0. The number of benzene rings is 2.